The molecule has 5 rings (SSSR count). The molecule has 0 bridgehead atoms. The van der Waals surface area contributed by atoms with Crippen molar-refractivity contribution in [3.63, 3.8) is 0 Å². The van der Waals surface area contributed by atoms with Crippen LogP contribution < -0.4 is 0 Å². The Morgan fingerprint density at radius 3 is 2.20 bits per heavy atom. The summed E-state index contributed by atoms with van der Waals surface area (Å²) in [6.07, 6.45) is 5.62. The van der Waals surface area contributed by atoms with Crippen LogP contribution in [0, 0.1) is 17.2 Å². The van der Waals surface area contributed by atoms with E-state index in [2.05, 4.69) is 22.9 Å². The minimum Gasteiger partial charge on any atom is -0.465 e. The van der Waals surface area contributed by atoms with Gasteiger partial charge < -0.3 is 18.9 Å². The van der Waals surface area contributed by atoms with E-state index in [0.717, 1.165) is 58.2 Å². The van der Waals surface area contributed by atoms with E-state index in [1.807, 2.05) is 101 Å². The highest BCUT2D eigenvalue weighted by atomic mass is 16.6. The molecule has 2 aromatic heterocycles. The quantitative estimate of drug-likeness (QED) is 0.200. The summed E-state index contributed by atoms with van der Waals surface area (Å²) in [6.45, 7) is 13.8. The minimum absolute atomic E-state index is 0.242. The van der Waals surface area contributed by atoms with Crippen LogP contribution in [0.2, 0.25) is 0 Å². The van der Waals surface area contributed by atoms with Crippen molar-refractivity contribution in [1.29, 1.82) is 5.26 Å². The van der Waals surface area contributed by atoms with Crippen LogP contribution in [0.1, 0.15) is 65.5 Å². The fraction of sp³-hybridized carbons (Fsp3) is 0.405. The Morgan fingerprint density at radius 2 is 1.60 bits per heavy atom. The average Bonchev–Trinajstić information content (AvgIpc) is 3.43. The van der Waals surface area contributed by atoms with E-state index >= 15 is 0 Å². The summed E-state index contributed by atoms with van der Waals surface area (Å²) >= 11 is 0. The van der Waals surface area contributed by atoms with Gasteiger partial charge in [-0.25, -0.2) is 4.79 Å². The molecule has 0 radical (unpaired) electrons. The number of likely N-dealkylation sites (tertiary alicyclic amines) is 1. The molecule has 1 saturated heterocycles. The number of amides is 1. The standard InChI is InChI=1S/C37H42N4O4/c1-7-44-34(42)37(5,6)29-14-12-28(13-15-29)33-32(27-10-8-25(22-38)9-11-27)30-18-21-41(31(30)23-39-33)24-26-16-19-40(20-17-26)35(43)45-36(2,3)4/h8-15,18,21,23,26H,7,16-17,19-20,24H2,1-6H3. The zero-order valence-electron chi connectivity index (χ0n) is 27.1. The van der Waals surface area contributed by atoms with Crippen molar-refractivity contribution in [1.82, 2.24) is 14.5 Å². The lowest BCUT2D eigenvalue weighted by atomic mass is 9.84. The maximum absolute atomic E-state index is 12.6. The first-order chi connectivity index (χ1) is 21.4. The van der Waals surface area contributed by atoms with Gasteiger partial charge in [-0.1, -0.05) is 36.4 Å². The van der Waals surface area contributed by atoms with Crippen molar-refractivity contribution >= 4 is 23.0 Å². The van der Waals surface area contributed by atoms with Gasteiger partial charge in [0.05, 0.1) is 41.1 Å². The van der Waals surface area contributed by atoms with E-state index in [1.54, 1.807) is 0 Å². The molecule has 0 atom stereocenters. The number of ether oxygens (including phenoxy) is 2. The molecule has 8 nitrogen and oxygen atoms in total. The lowest BCUT2D eigenvalue weighted by Crippen LogP contribution is -2.42. The van der Waals surface area contributed by atoms with E-state index in [0.29, 0.717) is 31.2 Å². The smallest absolute Gasteiger partial charge is 0.410 e. The molecule has 1 fully saturated rings. The molecule has 1 aliphatic rings. The molecule has 4 aromatic rings. The van der Waals surface area contributed by atoms with Gasteiger partial charge >= 0.3 is 12.1 Å². The normalized spacial score (nSPS) is 14.3. The number of rotatable bonds is 7. The second-order valence-corrected chi connectivity index (χ2v) is 13.3. The van der Waals surface area contributed by atoms with Crippen molar-refractivity contribution in [2.24, 2.45) is 5.92 Å². The summed E-state index contributed by atoms with van der Waals surface area (Å²) < 4.78 is 13.1. The van der Waals surface area contributed by atoms with Crippen LogP contribution in [0.5, 0.6) is 0 Å². The van der Waals surface area contributed by atoms with Crippen molar-refractivity contribution in [2.75, 3.05) is 19.7 Å². The molecule has 0 saturated carbocycles. The van der Waals surface area contributed by atoms with Crippen LogP contribution in [0.15, 0.2) is 67.0 Å². The van der Waals surface area contributed by atoms with Gasteiger partial charge in [0.15, 0.2) is 0 Å². The predicted octanol–water partition coefficient (Wildman–Crippen LogP) is 7.73. The second-order valence-electron chi connectivity index (χ2n) is 13.3. The van der Waals surface area contributed by atoms with Crippen LogP contribution in [0.3, 0.4) is 0 Å². The van der Waals surface area contributed by atoms with E-state index in [9.17, 15) is 14.9 Å². The third kappa shape index (κ3) is 6.88. The van der Waals surface area contributed by atoms with Gasteiger partial charge in [-0.2, -0.15) is 5.26 Å². The van der Waals surface area contributed by atoms with Crippen molar-refractivity contribution < 1.29 is 19.1 Å². The topological polar surface area (TPSA) is 97.5 Å². The molecule has 0 aliphatic carbocycles. The van der Waals surface area contributed by atoms with Crippen molar-refractivity contribution in [3.8, 4) is 28.5 Å². The predicted molar refractivity (Wildman–Crippen MR) is 176 cm³/mol. The third-order valence-electron chi connectivity index (χ3n) is 8.52. The molecule has 0 N–H and O–H groups in total. The second kappa shape index (κ2) is 12.8. The Morgan fingerprint density at radius 1 is 0.956 bits per heavy atom. The van der Waals surface area contributed by atoms with E-state index < -0.39 is 11.0 Å². The van der Waals surface area contributed by atoms with Gasteiger partial charge in [-0.3, -0.25) is 9.78 Å². The zero-order valence-corrected chi connectivity index (χ0v) is 27.1. The number of hydrogen-bond acceptors (Lipinski definition) is 6. The molecule has 234 valence electrons. The number of pyridine rings is 1. The van der Waals surface area contributed by atoms with E-state index in [1.165, 1.54) is 0 Å². The number of fused-ring (bicyclic) bond motifs is 1. The number of benzene rings is 2. The zero-order chi connectivity index (χ0) is 32.4. The summed E-state index contributed by atoms with van der Waals surface area (Å²) in [7, 11) is 0. The first-order valence-electron chi connectivity index (χ1n) is 15.7. The van der Waals surface area contributed by atoms with Gasteiger partial charge in [0.1, 0.15) is 5.60 Å². The van der Waals surface area contributed by atoms with Crippen LogP contribution in [0.25, 0.3) is 33.3 Å². The average molecular weight is 607 g/mol. The highest BCUT2D eigenvalue weighted by Crippen LogP contribution is 2.38. The first kappa shape index (κ1) is 31.8. The molecule has 1 aliphatic heterocycles. The lowest BCUT2D eigenvalue weighted by Gasteiger charge is -2.33. The summed E-state index contributed by atoms with van der Waals surface area (Å²) in [5.74, 6) is 0.167. The number of nitriles is 1. The Balaban J connectivity index is 1.45. The minimum atomic E-state index is -0.776. The van der Waals surface area contributed by atoms with Gasteiger partial charge in [-0.05, 0) is 89.6 Å². The Bertz CT molecular complexity index is 1720. The number of aromatic nitrogens is 2. The number of esters is 1. The number of hydrogen-bond donors (Lipinski definition) is 0. The molecule has 0 spiro atoms. The number of nitrogens with zero attached hydrogens (tertiary/aromatic N) is 4. The molecule has 8 heteroatoms. The van der Waals surface area contributed by atoms with Crippen molar-refractivity contribution in [2.45, 2.75) is 71.9 Å². The van der Waals surface area contributed by atoms with E-state index in [-0.39, 0.29) is 12.1 Å². The largest absolute Gasteiger partial charge is 0.465 e. The molecule has 1 amide bonds. The third-order valence-corrected chi connectivity index (χ3v) is 8.52. The number of carbonyl (C=O) groups excluding carboxylic acids is 2. The molecule has 0 unspecified atom stereocenters. The van der Waals surface area contributed by atoms with Crippen LogP contribution >= 0.6 is 0 Å². The summed E-state index contributed by atoms with van der Waals surface area (Å²) in [4.78, 5) is 32.0. The van der Waals surface area contributed by atoms with Gasteiger partial charge in [0, 0.05) is 42.3 Å². The maximum Gasteiger partial charge on any atom is 0.410 e. The molecular formula is C37H42N4O4. The Hall–Kier alpha value is -4.64. The van der Waals surface area contributed by atoms with Crippen LogP contribution in [0.4, 0.5) is 4.79 Å². The summed E-state index contributed by atoms with van der Waals surface area (Å²) in [5, 5.41) is 10.5. The first-order valence-corrected chi connectivity index (χ1v) is 15.7. The lowest BCUT2D eigenvalue weighted by molar-refractivity contribution is -0.148. The highest BCUT2D eigenvalue weighted by molar-refractivity contribution is 6.01. The highest BCUT2D eigenvalue weighted by Gasteiger charge is 2.31. The monoisotopic (exact) mass is 606 g/mol. The van der Waals surface area contributed by atoms with Crippen LogP contribution in [-0.2, 0) is 26.2 Å². The molecule has 3 heterocycles. The maximum atomic E-state index is 12.6. The summed E-state index contributed by atoms with van der Waals surface area (Å²) in [5.41, 5.74) is 4.95. The summed E-state index contributed by atoms with van der Waals surface area (Å²) in [6, 6.07) is 19.9. The van der Waals surface area contributed by atoms with Gasteiger partial charge in [0.25, 0.3) is 0 Å². The van der Waals surface area contributed by atoms with Gasteiger partial charge in [0.2, 0.25) is 0 Å². The van der Waals surface area contributed by atoms with Gasteiger partial charge in [-0.15, -0.1) is 0 Å². The number of piperidine rings is 1. The molecular weight excluding hydrogens is 564 g/mol. The Labute approximate surface area is 265 Å². The Kier molecular flexibility index (Phi) is 9.01. The fourth-order valence-electron chi connectivity index (χ4n) is 5.92. The SMILES string of the molecule is CCOC(=O)C(C)(C)c1ccc(-c2ncc3c(ccn3CC3CCN(C(=O)OC(C)(C)C)CC3)c2-c2ccc(C#N)cc2)cc1. The fourth-order valence-corrected chi connectivity index (χ4v) is 5.92. The molecule has 2 aromatic carbocycles. The number of carbonyl (C=O) groups is 2. The molecule has 45 heavy (non-hydrogen) atoms. The van der Waals surface area contributed by atoms with Crippen molar-refractivity contribution in [3.05, 3.63) is 78.1 Å². The van der Waals surface area contributed by atoms with Crippen LogP contribution in [-0.4, -0.2) is 51.8 Å². The van der Waals surface area contributed by atoms with E-state index in [4.69, 9.17) is 14.5 Å².